The Hall–Kier alpha value is -3.55. The number of imide groups is 1. The van der Waals surface area contributed by atoms with Crippen LogP contribution in [0.4, 0.5) is 0 Å². The van der Waals surface area contributed by atoms with Gasteiger partial charge in [-0.3, -0.25) is 34.4 Å². The Bertz CT molecular complexity index is 1060. The number of fused-ring (bicyclic) bond motifs is 1. The highest BCUT2D eigenvalue weighted by molar-refractivity contribution is 6.09. The highest BCUT2D eigenvalue weighted by Crippen LogP contribution is 2.31. The molecular formula is C23H24N4O4. The van der Waals surface area contributed by atoms with Crippen LogP contribution >= 0.6 is 0 Å². The smallest absolute Gasteiger partial charge is 0.251 e. The number of hydrogen-bond donors (Lipinski definition) is 2. The summed E-state index contributed by atoms with van der Waals surface area (Å²) in [4.78, 5) is 55.9. The van der Waals surface area contributed by atoms with Crippen LogP contribution in [0.3, 0.4) is 0 Å². The molecule has 1 aromatic carbocycles. The quantitative estimate of drug-likeness (QED) is 0.715. The number of nitrogens with one attached hydrogen (secondary N) is 2. The summed E-state index contributed by atoms with van der Waals surface area (Å²) >= 11 is 0. The van der Waals surface area contributed by atoms with Crippen molar-refractivity contribution < 1.29 is 19.2 Å². The lowest BCUT2D eigenvalue weighted by atomic mass is 9.84. The number of amides is 4. The lowest BCUT2D eigenvalue weighted by Gasteiger charge is -2.41. The summed E-state index contributed by atoms with van der Waals surface area (Å²) in [6.07, 6.45) is 5.94. The molecule has 1 aromatic rings. The van der Waals surface area contributed by atoms with Crippen molar-refractivity contribution in [1.29, 1.82) is 0 Å². The van der Waals surface area contributed by atoms with Crippen molar-refractivity contribution in [1.82, 2.24) is 15.5 Å². The van der Waals surface area contributed by atoms with E-state index in [2.05, 4.69) is 15.6 Å². The van der Waals surface area contributed by atoms with Crippen molar-refractivity contribution in [2.24, 2.45) is 10.9 Å². The maximum atomic E-state index is 13.5. The van der Waals surface area contributed by atoms with E-state index in [1.807, 2.05) is 37.3 Å². The van der Waals surface area contributed by atoms with Crippen molar-refractivity contribution in [2.45, 2.75) is 38.8 Å². The average Bonchev–Trinajstić information content (AvgIpc) is 2.73. The normalized spacial score (nSPS) is 25.4. The minimum absolute atomic E-state index is 0.177. The van der Waals surface area contributed by atoms with Crippen molar-refractivity contribution in [3.63, 3.8) is 0 Å². The molecule has 0 radical (unpaired) electrons. The van der Waals surface area contributed by atoms with E-state index in [9.17, 15) is 19.2 Å². The number of aryl methyl sites for hydroxylation is 1. The molecule has 4 rings (SSSR count). The van der Waals surface area contributed by atoms with Crippen LogP contribution in [-0.2, 0) is 14.4 Å². The Labute approximate surface area is 180 Å². The van der Waals surface area contributed by atoms with Crippen molar-refractivity contribution in [3.05, 3.63) is 59.2 Å². The molecule has 2 unspecified atom stereocenters. The van der Waals surface area contributed by atoms with Crippen LogP contribution in [0.2, 0.25) is 0 Å². The van der Waals surface area contributed by atoms with Gasteiger partial charge >= 0.3 is 0 Å². The van der Waals surface area contributed by atoms with Crippen molar-refractivity contribution in [3.8, 4) is 0 Å². The Morgan fingerprint density at radius 2 is 2.06 bits per heavy atom. The lowest BCUT2D eigenvalue weighted by molar-refractivity contribution is -0.144. The molecule has 3 aliphatic rings. The number of piperidine rings is 1. The summed E-state index contributed by atoms with van der Waals surface area (Å²) in [6.45, 7) is 3.81. The van der Waals surface area contributed by atoms with Crippen LogP contribution < -0.4 is 10.6 Å². The molecular weight excluding hydrogens is 396 g/mol. The second kappa shape index (κ2) is 8.29. The molecule has 4 amide bonds. The van der Waals surface area contributed by atoms with Crippen LogP contribution in [0.25, 0.3) is 0 Å². The van der Waals surface area contributed by atoms with Gasteiger partial charge in [-0.05, 0) is 38.0 Å². The van der Waals surface area contributed by atoms with Crippen molar-refractivity contribution >= 4 is 29.5 Å². The van der Waals surface area contributed by atoms with Crippen molar-refractivity contribution in [2.75, 3.05) is 6.54 Å². The van der Waals surface area contributed by atoms with Gasteiger partial charge in [-0.15, -0.1) is 0 Å². The maximum absolute atomic E-state index is 13.5. The fraction of sp³-hybridized carbons (Fsp3) is 0.348. The molecule has 2 N–H and O–H groups in total. The topological polar surface area (TPSA) is 108 Å². The maximum Gasteiger partial charge on any atom is 0.251 e. The highest BCUT2D eigenvalue weighted by Gasteiger charge is 2.44. The predicted molar refractivity (Wildman–Crippen MR) is 114 cm³/mol. The molecule has 3 atom stereocenters. The molecule has 1 aliphatic carbocycles. The molecule has 2 aliphatic heterocycles. The molecule has 1 fully saturated rings. The van der Waals surface area contributed by atoms with E-state index in [-0.39, 0.29) is 43.1 Å². The Balaban J connectivity index is 1.53. The van der Waals surface area contributed by atoms with E-state index in [1.165, 1.54) is 4.90 Å². The van der Waals surface area contributed by atoms with Crippen LogP contribution in [0.5, 0.6) is 0 Å². The SMILES string of the molecule is CC1=N[C@H]2C=CC=C(CNC(=O)c3cccc(C)c3)C2C(=O)N1C1CCC(=O)NC1=O. The second-order valence-electron chi connectivity index (χ2n) is 8.00. The zero-order valence-electron chi connectivity index (χ0n) is 17.4. The lowest BCUT2D eigenvalue weighted by Crippen LogP contribution is -2.60. The predicted octanol–water partition coefficient (Wildman–Crippen LogP) is 1.27. The third-order valence-corrected chi connectivity index (χ3v) is 5.80. The first kappa shape index (κ1) is 20.7. The number of nitrogens with zero attached hydrogens (tertiary/aromatic N) is 2. The molecule has 8 heteroatoms. The van der Waals surface area contributed by atoms with Crippen LogP contribution in [0.1, 0.15) is 35.7 Å². The van der Waals surface area contributed by atoms with Gasteiger partial charge in [0, 0.05) is 18.5 Å². The van der Waals surface area contributed by atoms with Gasteiger partial charge in [-0.1, -0.05) is 35.9 Å². The molecule has 2 heterocycles. The first-order valence-electron chi connectivity index (χ1n) is 10.3. The summed E-state index contributed by atoms with van der Waals surface area (Å²) in [7, 11) is 0. The number of benzene rings is 1. The number of carbonyl (C=O) groups excluding carboxylic acids is 4. The van der Waals surface area contributed by atoms with E-state index in [1.54, 1.807) is 19.1 Å². The van der Waals surface area contributed by atoms with Crippen LogP contribution in [-0.4, -0.2) is 53.0 Å². The standard InChI is InChI=1S/C23H24N4O4/c1-13-5-3-6-15(11-13)21(29)24-12-16-7-4-8-17-20(16)23(31)27(14(2)25-17)18-9-10-19(28)26-22(18)30/h3-8,11,17-18,20H,9-10,12H2,1-2H3,(H,24,29)(H,26,28,30)/t17-,18?,20?/m0/s1. The molecule has 0 bridgehead atoms. The third kappa shape index (κ3) is 4.05. The number of aliphatic imine (C=N–C) groups is 1. The van der Waals surface area contributed by atoms with E-state index in [4.69, 9.17) is 0 Å². The summed E-state index contributed by atoms with van der Waals surface area (Å²) in [5, 5.41) is 5.19. The van der Waals surface area contributed by atoms with E-state index >= 15 is 0 Å². The zero-order valence-corrected chi connectivity index (χ0v) is 17.4. The second-order valence-corrected chi connectivity index (χ2v) is 8.00. The van der Waals surface area contributed by atoms with Crippen LogP contribution in [0, 0.1) is 12.8 Å². The van der Waals surface area contributed by atoms with Gasteiger partial charge in [0.05, 0.1) is 12.0 Å². The number of carbonyl (C=O) groups is 4. The minimum Gasteiger partial charge on any atom is -0.348 e. The summed E-state index contributed by atoms with van der Waals surface area (Å²) in [5.41, 5.74) is 2.27. The first-order chi connectivity index (χ1) is 14.8. The number of rotatable bonds is 4. The number of amidine groups is 1. The molecule has 8 nitrogen and oxygen atoms in total. The zero-order chi connectivity index (χ0) is 22.1. The summed E-state index contributed by atoms with van der Waals surface area (Å²) < 4.78 is 0. The van der Waals surface area contributed by atoms with Gasteiger partial charge < -0.3 is 5.32 Å². The Morgan fingerprint density at radius 3 is 2.81 bits per heavy atom. The Kier molecular flexibility index (Phi) is 5.54. The van der Waals surface area contributed by atoms with E-state index < -0.39 is 17.9 Å². The van der Waals surface area contributed by atoms with Crippen LogP contribution in [0.15, 0.2) is 53.1 Å². The monoisotopic (exact) mass is 420 g/mol. The molecule has 0 aromatic heterocycles. The molecule has 1 saturated heterocycles. The fourth-order valence-electron chi connectivity index (χ4n) is 4.28. The van der Waals surface area contributed by atoms with Gasteiger partial charge in [0.2, 0.25) is 17.7 Å². The van der Waals surface area contributed by atoms with E-state index in [0.29, 0.717) is 11.4 Å². The summed E-state index contributed by atoms with van der Waals surface area (Å²) in [6, 6.07) is 6.14. The minimum atomic E-state index is -0.760. The number of hydrogen-bond acceptors (Lipinski definition) is 5. The van der Waals surface area contributed by atoms with Gasteiger partial charge in [0.15, 0.2) is 0 Å². The largest absolute Gasteiger partial charge is 0.348 e. The molecule has 0 spiro atoms. The van der Waals surface area contributed by atoms with Gasteiger partial charge in [0.1, 0.15) is 11.9 Å². The van der Waals surface area contributed by atoms with Gasteiger partial charge in [0.25, 0.3) is 5.91 Å². The first-order valence-corrected chi connectivity index (χ1v) is 10.3. The van der Waals surface area contributed by atoms with Gasteiger partial charge in [-0.2, -0.15) is 0 Å². The molecule has 31 heavy (non-hydrogen) atoms. The molecule has 0 saturated carbocycles. The fourth-order valence-corrected chi connectivity index (χ4v) is 4.28. The average molecular weight is 420 g/mol. The third-order valence-electron chi connectivity index (χ3n) is 5.80. The highest BCUT2D eigenvalue weighted by atomic mass is 16.2. The summed E-state index contributed by atoms with van der Waals surface area (Å²) in [5.74, 6) is -1.43. The van der Waals surface area contributed by atoms with E-state index in [0.717, 1.165) is 11.1 Å². The Morgan fingerprint density at radius 1 is 1.26 bits per heavy atom. The molecule has 160 valence electrons. The van der Waals surface area contributed by atoms with Gasteiger partial charge in [-0.25, -0.2) is 0 Å². The number of allylic oxidation sites excluding steroid dienone is 2.